The lowest BCUT2D eigenvalue weighted by atomic mass is 9.86. The van der Waals surface area contributed by atoms with Crippen molar-refractivity contribution < 1.29 is 33.9 Å². The highest BCUT2D eigenvalue weighted by molar-refractivity contribution is 5.97. The summed E-state index contributed by atoms with van der Waals surface area (Å²) < 4.78 is 0. The fraction of sp³-hybridized carbons (Fsp3) is 0.390. The molecule has 0 aromatic heterocycles. The number of nitrogens with zero attached hydrogens (tertiary/aromatic N) is 1. The van der Waals surface area contributed by atoms with E-state index in [9.17, 15) is 33.9 Å². The van der Waals surface area contributed by atoms with Gasteiger partial charge in [0, 0.05) is 19.1 Å². The van der Waals surface area contributed by atoms with Gasteiger partial charge in [-0.2, -0.15) is 0 Å². The normalized spacial score (nSPS) is 19.8. The van der Waals surface area contributed by atoms with Crippen molar-refractivity contribution in [2.45, 2.75) is 88.1 Å². The highest BCUT2D eigenvalue weighted by Gasteiger charge is 2.51. The molecule has 296 valence electrons. The Kier molecular flexibility index (Phi) is 14.5. The Balaban J connectivity index is 1.33. The molecular weight excluding hydrogens is 716 g/mol. The first-order chi connectivity index (χ1) is 27.0. The van der Waals surface area contributed by atoms with Crippen molar-refractivity contribution in [3.05, 3.63) is 108 Å². The SMILES string of the molecule is N=C(N)NCCCC(NC(=O)[C@@H]1CC(Cc2ccccc2)C2CCC(NC(=O)Cc3ccccc3)C(=O)N21)C(=O)N[C@@H](CC(=O)O)C(=O)NCc1ccccc1. The van der Waals surface area contributed by atoms with Crippen LogP contribution in [0.25, 0.3) is 0 Å². The van der Waals surface area contributed by atoms with Crippen LogP contribution in [0, 0.1) is 11.3 Å². The lowest BCUT2D eigenvalue weighted by molar-refractivity contribution is -0.147. The van der Waals surface area contributed by atoms with E-state index in [0.29, 0.717) is 25.7 Å². The molecule has 9 N–H and O–H groups in total. The van der Waals surface area contributed by atoms with Crippen LogP contribution in [0.2, 0.25) is 0 Å². The number of nitrogens with two attached hydrogens (primary N) is 1. The van der Waals surface area contributed by atoms with Crippen molar-refractivity contribution >= 4 is 41.5 Å². The molecule has 2 heterocycles. The van der Waals surface area contributed by atoms with Gasteiger partial charge in [-0.1, -0.05) is 91.0 Å². The topological polar surface area (TPSA) is 236 Å². The number of guanidine groups is 1. The smallest absolute Gasteiger partial charge is 0.305 e. The van der Waals surface area contributed by atoms with Crippen LogP contribution in [0.1, 0.15) is 55.2 Å². The fourth-order valence-corrected chi connectivity index (χ4v) is 7.51. The molecule has 0 radical (unpaired) electrons. The summed E-state index contributed by atoms with van der Waals surface area (Å²) >= 11 is 0. The summed E-state index contributed by atoms with van der Waals surface area (Å²) in [5, 5.41) is 30.6. The van der Waals surface area contributed by atoms with E-state index in [1.807, 2.05) is 66.7 Å². The van der Waals surface area contributed by atoms with Gasteiger partial charge in [-0.3, -0.25) is 34.2 Å². The summed E-state index contributed by atoms with van der Waals surface area (Å²) in [5.74, 6) is -4.44. The van der Waals surface area contributed by atoms with E-state index in [0.717, 1.165) is 16.7 Å². The zero-order valence-electron chi connectivity index (χ0n) is 31.1. The highest BCUT2D eigenvalue weighted by Crippen LogP contribution is 2.39. The minimum absolute atomic E-state index is 0.0407. The minimum atomic E-state index is -1.45. The summed E-state index contributed by atoms with van der Waals surface area (Å²) in [4.78, 5) is 81.9. The lowest BCUT2D eigenvalue weighted by Gasteiger charge is -2.39. The Morgan fingerprint density at radius 1 is 0.804 bits per heavy atom. The number of benzene rings is 3. The van der Waals surface area contributed by atoms with Gasteiger partial charge in [0.25, 0.3) is 0 Å². The molecule has 3 aromatic carbocycles. The molecule has 4 unspecified atom stereocenters. The van der Waals surface area contributed by atoms with E-state index in [1.165, 1.54) is 0 Å². The fourth-order valence-electron chi connectivity index (χ4n) is 7.51. The van der Waals surface area contributed by atoms with Gasteiger partial charge >= 0.3 is 5.97 Å². The maximum absolute atomic E-state index is 14.3. The molecule has 0 aliphatic carbocycles. The lowest BCUT2D eigenvalue weighted by Crippen LogP contribution is -2.61. The van der Waals surface area contributed by atoms with Crippen LogP contribution in [0.15, 0.2) is 91.0 Å². The number of carboxylic acids is 1. The van der Waals surface area contributed by atoms with Crippen LogP contribution in [-0.2, 0) is 48.2 Å². The van der Waals surface area contributed by atoms with Crippen molar-refractivity contribution in [2.24, 2.45) is 11.7 Å². The predicted molar refractivity (Wildman–Crippen MR) is 208 cm³/mol. The maximum Gasteiger partial charge on any atom is 0.305 e. The third-order valence-electron chi connectivity index (χ3n) is 10.2. The van der Waals surface area contributed by atoms with Crippen LogP contribution in [-0.4, -0.2) is 88.2 Å². The molecule has 5 rings (SSSR count). The molecule has 0 bridgehead atoms. The van der Waals surface area contributed by atoms with Crippen LogP contribution in [0.4, 0.5) is 0 Å². The van der Waals surface area contributed by atoms with Gasteiger partial charge in [0.15, 0.2) is 5.96 Å². The van der Waals surface area contributed by atoms with E-state index in [-0.39, 0.29) is 62.1 Å². The number of rotatable bonds is 18. The largest absolute Gasteiger partial charge is 0.481 e. The van der Waals surface area contributed by atoms with E-state index >= 15 is 0 Å². The summed E-state index contributed by atoms with van der Waals surface area (Å²) in [5.41, 5.74) is 8.06. The first-order valence-corrected chi connectivity index (χ1v) is 18.9. The van der Waals surface area contributed by atoms with Gasteiger partial charge in [0.1, 0.15) is 24.2 Å². The number of hydrogen-bond donors (Lipinski definition) is 8. The Morgan fingerprint density at radius 3 is 2.05 bits per heavy atom. The Morgan fingerprint density at radius 2 is 1.43 bits per heavy atom. The first-order valence-electron chi connectivity index (χ1n) is 18.9. The van der Waals surface area contributed by atoms with Gasteiger partial charge in [-0.25, -0.2) is 0 Å². The van der Waals surface area contributed by atoms with Gasteiger partial charge in [0.2, 0.25) is 29.5 Å². The van der Waals surface area contributed by atoms with E-state index in [2.05, 4.69) is 26.6 Å². The number of nitrogens with one attached hydrogen (secondary N) is 6. The second-order valence-electron chi connectivity index (χ2n) is 14.3. The van der Waals surface area contributed by atoms with Gasteiger partial charge in [-0.05, 0) is 61.1 Å². The summed E-state index contributed by atoms with van der Waals surface area (Å²) in [6, 6.07) is 23.2. The number of hydrogen-bond acceptors (Lipinski definition) is 7. The van der Waals surface area contributed by atoms with Gasteiger partial charge < -0.3 is 42.3 Å². The molecule has 0 saturated carbocycles. The molecule has 2 fully saturated rings. The predicted octanol–water partition coefficient (Wildman–Crippen LogP) is 1.36. The molecular formula is C41H50N8O7. The van der Waals surface area contributed by atoms with E-state index in [1.54, 1.807) is 29.2 Å². The second-order valence-corrected chi connectivity index (χ2v) is 14.3. The Bertz CT molecular complexity index is 1850. The summed E-state index contributed by atoms with van der Waals surface area (Å²) in [6.07, 6.45) is 1.58. The molecule has 3 aromatic rings. The number of carbonyl (C=O) groups is 6. The van der Waals surface area contributed by atoms with Crippen LogP contribution >= 0.6 is 0 Å². The van der Waals surface area contributed by atoms with Crippen molar-refractivity contribution in [1.82, 2.24) is 31.5 Å². The summed E-state index contributed by atoms with van der Waals surface area (Å²) in [7, 11) is 0. The first kappa shape index (κ1) is 40.9. The average Bonchev–Trinajstić information content (AvgIpc) is 3.55. The van der Waals surface area contributed by atoms with E-state index < -0.39 is 54.3 Å². The average molecular weight is 767 g/mol. The molecule has 6 atom stereocenters. The molecule has 15 heteroatoms. The highest BCUT2D eigenvalue weighted by atomic mass is 16.4. The number of carbonyl (C=O) groups excluding carboxylic acids is 5. The molecule has 2 aliphatic heterocycles. The molecule has 0 spiro atoms. The molecule has 2 aliphatic rings. The van der Waals surface area contributed by atoms with Crippen LogP contribution in [0.5, 0.6) is 0 Å². The van der Waals surface area contributed by atoms with Crippen molar-refractivity contribution in [3.63, 3.8) is 0 Å². The van der Waals surface area contributed by atoms with Crippen molar-refractivity contribution in [2.75, 3.05) is 6.54 Å². The monoisotopic (exact) mass is 766 g/mol. The Labute approximate surface area is 325 Å². The third-order valence-corrected chi connectivity index (χ3v) is 10.2. The quantitative estimate of drug-likeness (QED) is 0.0530. The number of fused-ring (bicyclic) bond motifs is 1. The third kappa shape index (κ3) is 11.6. The minimum Gasteiger partial charge on any atom is -0.481 e. The standard InChI is InChI=1S/C41H50N8O7/c42-41(43)44-20-10-17-30(38(54)48-32(24-36(51)52)37(53)45-25-28-15-8-3-9-16-28)47-39(55)34-23-29(21-26-11-4-1-5-12-26)33-19-18-31(40(56)49(33)34)46-35(50)22-27-13-6-2-7-14-27/h1-9,11-16,29-34H,10,17-25H2,(H,45,53)(H,46,50)(H,47,55)(H,48,54)(H,51,52)(H4,42,43,44)/t29?,30?,31?,32-,33?,34-/m0/s1. The summed E-state index contributed by atoms with van der Waals surface area (Å²) in [6.45, 7) is 0.303. The van der Waals surface area contributed by atoms with Gasteiger partial charge in [0.05, 0.1) is 12.8 Å². The van der Waals surface area contributed by atoms with Crippen molar-refractivity contribution in [1.29, 1.82) is 5.41 Å². The molecule has 15 nitrogen and oxygen atoms in total. The number of aliphatic carboxylic acids is 1. The molecule has 56 heavy (non-hydrogen) atoms. The maximum atomic E-state index is 14.3. The van der Waals surface area contributed by atoms with E-state index in [4.69, 9.17) is 11.1 Å². The zero-order chi connectivity index (χ0) is 40.0. The number of carboxylic acid groups (broad SMARTS) is 1. The second kappa shape index (κ2) is 19.9. The van der Waals surface area contributed by atoms with Crippen molar-refractivity contribution in [3.8, 4) is 0 Å². The zero-order valence-corrected chi connectivity index (χ0v) is 31.1. The van der Waals surface area contributed by atoms with Gasteiger partial charge in [-0.15, -0.1) is 0 Å². The van der Waals surface area contributed by atoms with Crippen LogP contribution in [0.3, 0.4) is 0 Å². The number of amides is 5. The van der Waals surface area contributed by atoms with Crippen LogP contribution < -0.4 is 32.3 Å². The molecule has 5 amide bonds. The molecule has 2 saturated heterocycles. The number of piperidine rings is 1. The Hall–Kier alpha value is -6.25.